The molecule has 0 bridgehead atoms. The SMILES string of the molecule is CC(CC(=O)NC1CNCCC1C)NC(=O)C1CCCC1. The van der Waals surface area contributed by atoms with Crippen molar-refractivity contribution in [2.24, 2.45) is 11.8 Å². The molecular weight excluding hydrogens is 266 g/mol. The fourth-order valence-electron chi connectivity index (χ4n) is 3.33. The van der Waals surface area contributed by atoms with Gasteiger partial charge in [0.25, 0.3) is 0 Å². The first-order chi connectivity index (χ1) is 10.1. The van der Waals surface area contributed by atoms with Crippen molar-refractivity contribution in [1.29, 1.82) is 0 Å². The third-order valence-corrected chi connectivity index (χ3v) is 4.78. The Kier molecular flexibility index (Phi) is 6.03. The molecule has 1 aliphatic carbocycles. The van der Waals surface area contributed by atoms with E-state index in [1.54, 1.807) is 0 Å². The van der Waals surface area contributed by atoms with Crippen LogP contribution in [0.2, 0.25) is 0 Å². The fraction of sp³-hybridized carbons (Fsp3) is 0.875. The van der Waals surface area contributed by atoms with E-state index in [4.69, 9.17) is 0 Å². The van der Waals surface area contributed by atoms with Gasteiger partial charge < -0.3 is 16.0 Å². The molecule has 2 fully saturated rings. The summed E-state index contributed by atoms with van der Waals surface area (Å²) >= 11 is 0. The van der Waals surface area contributed by atoms with Crippen LogP contribution >= 0.6 is 0 Å². The molecule has 3 atom stereocenters. The van der Waals surface area contributed by atoms with Crippen molar-refractivity contribution in [3.05, 3.63) is 0 Å². The van der Waals surface area contributed by atoms with Crippen molar-refractivity contribution in [3.8, 4) is 0 Å². The van der Waals surface area contributed by atoms with Crippen molar-refractivity contribution in [2.45, 2.75) is 64.5 Å². The molecule has 21 heavy (non-hydrogen) atoms. The summed E-state index contributed by atoms with van der Waals surface area (Å²) in [6, 6.07) is 0.119. The van der Waals surface area contributed by atoms with Crippen LogP contribution in [0.25, 0.3) is 0 Å². The summed E-state index contributed by atoms with van der Waals surface area (Å²) in [6.45, 7) is 5.96. The first-order valence-corrected chi connectivity index (χ1v) is 8.36. The van der Waals surface area contributed by atoms with Gasteiger partial charge in [-0.25, -0.2) is 0 Å². The summed E-state index contributed by atoms with van der Waals surface area (Å²) in [7, 11) is 0. The largest absolute Gasteiger partial charge is 0.353 e. The van der Waals surface area contributed by atoms with E-state index in [0.29, 0.717) is 12.3 Å². The van der Waals surface area contributed by atoms with Gasteiger partial charge in [-0.15, -0.1) is 0 Å². The predicted molar refractivity (Wildman–Crippen MR) is 82.8 cm³/mol. The van der Waals surface area contributed by atoms with Crippen LogP contribution in [0.5, 0.6) is 0 Å². The van der Waals surface area contributed by atoms with Gasteiger partial charge in [0.1, 0.15) is 0 Å². The molecule has 0 radical (unpaired) electrons. The molecule has 3 N–H and O–H groups in total. The maximum atomic E-state index is 12.1. The molecule has 1 heterocycles. The van der Waals surface area contributed by atoms with Crippen molar-refractivity contribution in [3.63, 3.8) is 0 Å². The summed E-state index contributed by atoms with van der Waals surface area (Å²) < 4.78 is 0. The fourth-order valence-corrected chi connectivity index (χ4v) is 3.33. The Balaban J connectivity index is 1.70. The van der Waals surface area contributed by atoms with Gasteiger partial charge in [-0.1, -0.05) is 19.8 Å². The number of hydrogen-bond acceptors (Lipinski definition) is 3. The number of piperidine rings is 1. The molecule has 2 rings (SSSR count). The average molecular weight is 295 g/mol. The lowest BCUT2D eigenvalue weighted by atomic mass is 9.94. The molecule has 5 heteroatoms. The summed E-state index contributed by atoms with van der Waals surface area (Å²) in [4.78, 5) is 24.1. The maximum Gasteiger partial charge on any atom is 0.223 e. The number of nitrogens with one attached hydrogen (secondary N) is 3. The molecule has 2 amide bonds. The number of amides is 2. The number of rotatable bonds is 5. The Morgan fingerprint density at radius 2 is 1.95 bits per heavy atom. The average Bonchev–Trinajstić information content (AvgIpc) is 2.95. The zero-order valence-electron chi connectivity index (χ0n) is 13.3. The molecule has 120 valence electrons. The van der Waals surface area contributed by atoms with Crippen LogP contribution < -0.4 is 16.0 Å². The first-order valence-electron chi connectivity index (χ1n) is 8.36. The normalized spacial score (nSPS) is 28.1. The van der Waals surface area contributed by atoms with Crippen molar-refractivity contribution >= 4 is 11.8 Å². The Bertz CT molecular complexity index is 367. The summed E-state index contributed by atoms with van der Waals surface area (Å²) in [6.07, 6.45) is 5.76. The summed E-state index contributed by atoms with van der Waals surface area (Å²) in [5.74, 6) is 0.840. The minimum atomic E-state index is -0.0926. The molecule has 1 saturated heterocycles. The zero-order valence-corrected chi connectivity index (χ0v) is 13.3. The summed E-state index contributed by atoms with van der Waals surface area (Å²) in [5, 5.41) is 9.38. The first kappa shape index (κ1) is 16.3. The third-order valence-electron chi connectivity index (χ3n) is 4.78. The van der Waals surface area contributed by atoms with E-state index in [0.717, 1.165) is 45.2 Å². The van der Waals surface area contributed by atoms with E-state index in [2.05, 4.69) is 22.9 Å². The second kappa shape index (κ2) is 7.78. The minimum Gasteiger partial charge on any atom is -0.353 e. The van der Waals surface area contributed by atoms with E-state index in [-0.39, 0.29) is 29.8 Å². The van der Waals surface area contributed by atoms with E-state index in [1.807, 2.05) is 6.92 Å². The topological polar surface area (TPSA) is 70.2 Å². The molecule has 0 aromatic heterocycles. The second-order valence-corrected chi connectivity index (χ2v) is 6.74. The Morgan fingerprint density at radius 3 is 2.62 bits per heavy atom. The van der Waals surface area contributed by atoms with Crippen LogP contribution in [0.3, 0.4) is 0 Å². The molecule has 3 unspecified atom stereocenters. The van der Waals surface area contributed by atoms with Gasteiger partial charge in [0.15, 0.2) is 0 Å². The van der Waals surface area contributed by atoms with Crippen molar-refractivity contribution < 1.29 is 9.59 Å². The van der Waals surface area contributed by atoms with Crippen molar-refractivity contribution in [2.75, 3.05) is 13.1 Å². The Hall–Kier alpha value is -1.10. The van der Waals surface area contributed by atoms with E-state index < -0.39 is 0 Å². The van der Waals surface area contributed by atoms with Gasteiger partial charge in [-0.3, -0.25) is 9.59 Å². The molecule has 0 spiro atoms. The van der Waals surface area contributed by atoms with Gasteiger partial charge in [-0.2, -0.15) is 0 Å². The van der Waals surface area contributed by atoms with Gasteiger partial charge in [0, 0.05) is 31.0 Å². The minimum absolute atomic E-state index is 0.0368. The molecule has 1 saturated carbocycles. The zero-order chi connectivity index (χ0) is 15.2. The molecule has 0 aromatic rings. The highest BCUT2D eigenvalue weighted by atomic mass is 16.2. The summed E-state index contributed by atoms with van der Waals surface area (Å²) in [5.41, 5.74) is 0. The van der Waals surface area contributed by atoms with E-state index >= 15 is 0 Å². The van der Waals surface area contributed by atoms with Gasteiger partial charge in [0.05, 0.1) is 0 Å². The number of carbonyl (C=O) groups excluding carboxylic acids is 2. The quantitative estimate of drug-likeness (QED) is 0.713. The lowest BCUT2D eigenvalue weighted by Gasteiger charge is -2.30. The second-order valence-electron chi connectivity index (χ2n) is 6.74. The monoisotopic (exact) mass is 295 g/mol. The predicted octanol–water partition coefficient (Wildman–Crippen LogP) is 1.19. The highest BCUT2D eigenvalue weighted by molar-refractivity contribution is 5.81. The van der Waals surface area contributed by atoms with Gasteiger partial charge in [0.2, 0.25) is 11.8 Å². The lowest BCUT2D eigenvalue weighted by molar-refractivity contribution is -0.126. The molecular formula is C16H29N3O2. The van der Waals surface area contributed by atoms with Crippen LogP contribution in [-0.2, 0) is 9.59 Å². The Labute approximate surface area is 127 Å². The number of hydrogen-bond donors (Lipinski definition) is 3. The van der Waals surface area contributed by atoms with Gasteiger partial charge in [-0.05, 0) is 38.6 Å². The maximum absolute atomic E-state index is 12.1. The van der Waals surface area contributed by atoms with Crippen LogP contribution in [0.4, 0.5) is 0 Å². The highest BCUT2D eigenvalue weighted by Crippen LogP contribution is 2.24. The Morgan fingerprint density at radius 1 is 1.24 bits per heavy atom. The van der Waals surface area contributed by atoms with Crippen molar-refractivity contribution in [1.82, 2.24) is 16.0 Å². The molecule has 2 aliphatic rings. The smallest absolute Gasteiger partial charge is 0.223 e. The molecule has 0 aromatic carbocycles. The molecule has 5 nitrogen and oxygen atoms in total. The van der Waals surface area contributed by atoms with Crippen LogP contribution in [0, 0.1) is 11.8 Å². The lowest BCUT2D eigenvalue weighted by Crippen LogP contribution is -2.51. The number of carbonyl (C=O) groups is 2. The third kappa shape index (κ3) is 4.99. The highest BCUT2D eigenvalue weighted by Gasteiger charge is 2.26. The van der Waals surface area contributed by atoms with Crippen LogP contribution in [-0.4, -0.2) is 37.0 Å². The van der Waals surface area contributed by atoms with E-state index in [1.165, 1.54) is 0 Å². The molecule has 1 aliphatic heterocycles. The van der Waals surface area contributed by atoms with Crippen LogP contribution in [0.1, 0.15) is 52.4 Å². The van der Waals surface area contributed by atoms with Gasteiger partial charge >= 0.3 is 0 Å². The van der Waals surface area contributed by atoms with E-state index in [9.17, 15) is 9.59 Å². The van der Waals surface area contributed by atoms with Crippen LogP contribution in [0.15, 0.2) is 0 Å². The standard InChI is InChI=1S/C16H29N3O2/c1-11-7-8-17-10-14(11)19-15(20)9-12(2)18-16(21)13-5-3-4-6-13/h11-14,17H,3-10H2,1-2H3,(H,18,21)(H,19,20).